The van der Waals surface area contributed by atoms with Crippen molar-refractivity contribution in [3.8, 4) is 12.3 Å². The summed E-state index contributed by atoms with van der Waals surface area (Å²) in [4.78, 5) is 25.4. The fourth-order valence-electron chi connectivity index (χ4n) is 1.86. The summed E-state index contributed by atoms with van der Waals surface area (Å²) in [6.07, 6.45) is 5.98. The van der Waals surface area contributed by atoms with Crippen LogP contribution in [0.2, 0.25) is 0 Å². The van der Waals surface area contributed by atoms with Crippen molar-refractivity contribution < 1.29 is 14.7 Å². The van der Waals surface area contributed by atoms with Crippen molar-refractivity contribution in [1.29, 1.82) is 0 Å². The minimum atomic E-state index is -1.07. The molecule has 6 nitrogen and oxygen atoms in total. The van der Waals surface area contributed by atoms with Crippen LogP contribution in [0.4, 0.5) is 4.79 Å². The smallest absolute Gasteiger partial charge is 0.323 e. The fourth-order valence-corrected chi connectivity index (χ4v) is 1.86. The molecule has 1 saturated heterocycles. The van der Waals surface area contributed by atoms with Gasteiger partial charge in [0, 0.05) is 13.1 Å². The van der Waals surface area contributed by atoms with Crippen LogP contribution in [-0.4, -0.2) is 59.6 Å². The lowest BCUT2D eigenvalue weighted by Crippen LogP contribution is -2.44. The molecule has 1 heterocycles. The van der Waals surface area contributed by atoms with E-state index in [0.717, 1.165) is 11.3 Å². The first kappa shape index (κ1) is 13.3. The van der Waals surface area contributed by atoms with Crippen molar-refractivity contribution in [2.45, 2.75) is 6.42 Å². The molecule has 0 saturated carbocycles. The Morgan fingerprint density at radius 1 is 1.59 bits per heavy atom. The number of nitrogens with zero attached hydrogens (tertiary/aromatic N) is 2. The van der Waals surface area contributed by atoms with Crippen LogP contribution in [-0.2, 0) is 4.79 Å². The van der Waals surface area contributed by atoms with E-state index < -0.39 is 5.97 Å². The molecule has 0 bridgehead atoms. The predicted octanol–water partition coefficient (Wildman–Crippen LogP) is -0.593. The Labute approximate surface area is 100 Å². The van der Waals surface area contributed by atoms with Gasteiger partial charge in [-0.15, -0.1) is 6.42 Å². The highest BCUT2D eigenvalue weighted by Gasteiger charge is 2.29. The summed E-state index contributed by atoms with van der Waals surface area (Å²) < 4.78 is 0. The van der Waals surface area contributed by atoms with Gasteiger partial charge < -0.3 is 20.6 Å². The Kier molecular flexibility index (Phi) is 4.79. The first-order chi connectivity index (χ1) is 8.08. The summed E-state index contributed by atoms with van der Waals surface area (Å²) in [5.74, 6) is 1.53. The summed E-state index contributed by atoms with van der Waals surface area (Å²) in [5, 5.41) is 8.70. The molecule has 3 N–H and O–H groups in total. The first-order valence-electron chi connectivity index (χ1n) is 5.47. The summed E-state index contributed by atoms with van der Waals surface area (Å²) in [7, 11) is 0. The number of terminal acetylenes is 1. The van der Waals surface area contributed by atoms with Gasteiger partial charge in [0.15, 0.2) is 0 Å². The number of urea groups is 1. The molecule has 0 aromatic rings. The van der Waals surface area contributed by atoms with Gasteiger partial charge in [-0.2, -0.15) is 0 Å². The summed E-state index contributed by atoms with van der Waals surface area (Å²) >= 11 is 0. The third-order valence-electron chi connectivity index (χ3n) is 2.77. The average Bonchev–Trinajstić information content (AvgIpc) is 2.75. The maximum atomic E-state index is 12.0. The van der Waals surface area contributed by atoms with Crippen LogP contribution in [0.3, 0.4) is 0 Å². The molecule has 1 fully saturated rings. The zero-order valence-electron chi connectivity index (χ0n) is 9.63. The number of carboxylic acid groups (broad SMARTS) is 1. The molecular formula is C11H17N3O3. The van der Waals surface area contributed by atoms with Gasteiger partial charge in [0.2, 0.25) is 0 Å². The highest BCUT2D eigenvalue weighted by atomic mass is 16.4. The standard InChI is InChI=1S/C11H17N3O3/c1-2-4-13(8-10(15)16)11(17)14-5-3-9(6-12)7-14/h1,9H,3-8,12H2,(H,15,16). The number of hydrogen-bond acceptors (Lipinski definition) is 3. The molecule has 0 radical (unpaired) electrons. The number of rotatable bonds is 4. The van der Waals surface area contributed by atoms with E-state index in [2.05, 4.69) is 5.92 Å². The molecule has 0 aromatic heterocycles. The minimum absolute atomic E-state index is 0.00885. The lowest BCUT2D eigenvalue weighted by Gasteiger charge is -2.25. The second kappa shape index (κ2) is 6.11. The van der Waals surface area contributed by atoms with Gasteiger partial charge >= 0.3 is 12.0 Å². The van der Waals surface area contributed by atoms with Gasteiger partial charge in [0.05, 0.1) is 6.54 Å². The van der Waals surface area contributed by atoms with Crippen LogP contribution in [0.25, 0.3) is 0 Å². The van der Waals surface area contributed by atoms with E-state index in [-0.39, 0.29) is 19.1 Å². The van der Waals surface area contributed by atoms with Crippen LogP contribution in [0.5, 0.6) is 0 Å². The molecule has 0 aliphatic carbocycles. The number of carbonyl (C=O) groups excluding carboxylic acids is 1. The number of hydrogen-bond donors (Lipinski definition) is 2. The topological polar surface area (TPSA) is 86.9 Å². The molecule has 6 heteroatoms. The quantitative estimate of drug-likeness (QED) is 0.642. The number of carboxylic acids is 1. The Hall–Kier alpha value is -1.74. The third kappa shape index (κ3) is 3.64. The SMILES string of the molecule is C#CCN(CC(=O)O)C(=O)N1CCC(CN)C1. The lowest BCUT2D eigenvalue weighted by molar-refractivity contribution is -0.137. The molecule has 2 amide bonds. The van der Waals surface area contributed by atoms with Crippen molar-refractivity contribution >= 4 is 12.0 Å². The molecular weight excluding hydrogens is 222 g/mol. The van der Waals surface area contributed by atoms with E-state index in [9.17, 15) is 9.59 Å². The highest BCUT2D eigenvalue weighted by Crippen LogP contribution is 2.16. The van der Waals surface area contributed by atoms with E-state index >= 15 is 0 Å². The van der Waals surface area contributed by atoms with Crippen LogP contribution >= 0.6 is 0 Å². The van der Waals surface area contributed by atoms with Crippen molar-refractivity contribution in [2.75, 3.05) is 32.7 Å². The minimum Gasteiger partial charge on any atom is -0.480 e. The van der Waals surface area contributed by atoms with E-state index in [0.29, 0.717) is 25.6 Å². The van der Waals surface area contributed by atoms with Crippen LogP contribution < -0.4 is 5.73 Å². The number of carbonyl (C=O) groups is 2. The highest BCUT2D eigenvalue weighted by molar-refractivity contribution is 5.80. The van der Waals surface area contributed by atoms with Gasteiger partial charge in [-0.1, -0.05) is 5.92 Å². The monoisotopic (exact) mass is 239 g/mol. The van der Waals surface area contributed by atoms with Crippen molar-refractivity contribution in [3.05, 3.63) is 0 Å². The molecule has 1 rings (SSSR count). The Bertz CT molecular complexity index is 337. The Balaban J connectivity index is 2.59. The maximum Gasteiger partial charge on any atom is 0.323 e. The largest absolute Gasteiger partial charge is 0.480 e. The Morgan fingerprint density at radius 2 is 2.29 bits per heavy atom. The second-order valence-electron chi connectivity index (χ2n) is 4.07. The fraction of sp³-hybridized carbons (Fsp3) is 0.636. The molecule has 1 aliphatic heterocycles. The number of nitrogens with two attached hydrogens (primary N) is 1. The van der Waals surface area contributed by atoms with Crippen LogP contribution in [0.15, 0.2) is 0 Å². The molecule has 1 atom stereocenters. The van der Waals surface area contributed by atoms with Crippen molar-refractivity contribution in [2.24, 2.45) is 11.7 Å². The van der Waals surface area contributed by atoms with E-state index in [1.54, 1.807) is 4.90 Å². The van der Waals surface area contributed by atoms with Crippen LogP contribution in [0.1, 0.15) is 6.42 Å². The van der Waals surface area contributed by atoms with Gasteiger partial charge in [-0.25, -0.2) is 4.79 Å². The molecule has 94 valence electrons. The molecule has 1 unspecified atom stereocenters. The van der Waals surface area contributed by atoms with Crippen molar-refractivity contribution in [3.63, 3.8) is 0 Å². The Morgan fingerprint density at radius 3 is 2.76 bits per heavy atom. The zero-order chi connectivity index (χ0) is 12.8. The first-order valence-corrected chi connectivity index (χ1v) is 5.47. The summed E-state index contributed by atoms with van der Waals surface area (Å²) in [6, 6.07) is -0.318. The lowest BCUT2D eigenvalue weighted by atomic mass is 10.1. The van der Waals surface area contributed by atoms with Gasteiger partial charge in [-0.3, -0.25) is 4.79 Å². The van der Waals surface area contributed by atoms with Crippen LogP contribution in [0, 0.1) is 18.3 Å². The van der Waals surface area contributed by atoms with E-state index in [1.807, 2.05) is 0 Å². The molecule has 1 aliphatic rings. The average molecular weight is 239 g/mol. The summed E-state index contributed by atoms with van der Waals surface area (Å²) in [5.41, 5.74) is 5.53. The van der Waals surface area contributed by atoms with Gasteiger partial charge in [0.1, 0.15) is 6.54 Å². The normalized spacial score (nSPS) is 18.8. The van der Waals surface area contributed by atoms with Crippen molar-refractivity contribution in [1.82, 2.24) is 9.80 Å². The number of amides is 2. The second-order valence-corrected chi connectivity index (χ2v) is 4.07. The maximum absolute atomic E-state index is 12.0. The summed E-state index contributed by atoms with van der Waals surface area (Å²) in [6.45, 7) is 1.37. The molecule has 0 aromatic carbocycles. The number of likely N-dealkylation sites (tertiary alicyclic amines) is 1. The predicted molar refractivity (Wildman–Crippen MR) is 62.2 cm³/mol. The molecule has 17 heavy (non-hydrogen) atoms. The number of aliphatic carboxylic acids is 1. The van der Waals surface area contributed by atoms with Gasteiger partial charge in [0.25, 0.3) is 0 Å². The third-order valence-corrected chi connectivity index (χ3v) is 2.77. The van der Waals surface area contributed by atoms with E-state index in [1.165, 1.54) is 0 Å². The van der Waals surface area contributed by atoms with Gasteiger partial charge in [-0.05, 0) is 18.9 Å². The van der Waals surface area contributed by atoms with E-state index in [4.69, 9.17) is 17.3 Å². The molecule has 0 spiro atoms. The zero-order valence-corrected chi connectivity index (χ0v) is 9.63.